The average Bonchev–Trinajstić information content (AvgIpc) is 3.23. The molecule has 0 spiro atoms. The molecule has 5 heteroatoms. The van der Waals surface area contributed by atoms with Crippen molar-refractivity contribution in [1.82, 2.24) is 4.98 Å². The summed E-state index contributed by atoms with van der Waals surface area (Å²) in [6.45, 7) is 0.285. The van der Waals surface area contributed by atoms with Gasteiger partial charge >= 0.3 is 0 Å². The Kier molecular flexibility index (Phi) is 3.73. The van der Waals surface area contributed by atoms with Gasteiger partial charge in [0.25, 0.3) is 0 Å². The first-order chi connectivity index (χ1) is 11.3. The van der Waals surface area contributed by atoms with Crippen molar-refractivity contribution in [3.05, 3.63) is 64.5 Å². The number of benzene rings is 2. The van der Waals surface area contributed by atoms with Crippen molar-refractivity contribution in [2.24, 2.45) is 5.73 Å². The number of aromatic nitrogens is 1. The van der Waals surface area contributed by atoms with Gasteiger partial charge in [0.15, 0.2) is 11.5 Å². The van der Waals surface area contributed by atoms with Crippen LogP contribution in [-0.2, 0) is 6.42 Å². The molecule has 1 aromatic heterocycles. The zero-order chi connectivity index (χ0) is 15.6. The summed E-state index contributed by atoms with van der Waals surface area (Å²) in [5.74, 6) is 1.56. The van der Waals surface area contributed by atoms with E-state index in [1.54, 1.807) is 11.3 Å². The van der Waals surface area contributed by atoms with Crippen molar-refractivity contribution < 1.29 is 9.47 Å². The molecule has 2 heterocycles. The highest BCUT2D eigenvalue weighted by Crippen LogP contribution is 2.36. The molecule has 1 unspecified atom stereocenters. The van der Waals surface area contributed by atoms with Crippen LogP contribution in [0.25, 0.3) is 11.3 Å². The van der Waals surface area contributed by atoms with E-state index in [9.17, 15) is 0 Å². The van der Waals surface area contributed by atoms with E-state index in [4.69, 9.17) is 20.2 Å². The predicted molar refractivity (Wildman–Crippen MR) is 90.7 cm³/mol. The third-order valence-electron chi connectivity index (χ3n) is 3.84. The van der Waals surface area contributed by atoms with Gasteiger partial charge in [-0.1, -0.05) is 30.3 Å². The molecule has 4 nitrogen and oxygen atoms in total. The fourth-order valence-electron chi connectivity index (χ4n) is 2.60. The molecule has 0 aliphatic carbocycles. The van der Waals surface area contributed by atoms with E-state index in [1.807, 2.05) is 36.4 Å². The summed E-state index contributed by atoms with van der Waals surface area (Å²) in [7, 11) is 0. The summed E-state index contributed by atoms with van der Waals surface area (Å²) in [4.78, 5) is 4.71. The molecule has 1 atom stereocenters. The molecule has 0 saturated heterocycles. The van der Waals surface area contributed by atoms with Gasteiger partial charge in [0.1, 0.15) is 0 Å². The minimum absolute atomic E-state index is 0.0352. The van der Waals surface area contributed by atoms with Crippen LogP contribution < -0.4 is 15.2 Å². The predicted octanol–water partition coefficient (Wildman–Crippen LogP) is 3.78. The lowest BCUT2D eigenvalue weighted by Gasteiger charge is -2.09. The van der Waals surface area contributed by atoms with E-state index < -0.39 is 0 Å². The second-order valence-corrected chi connectivity index (χ2v) is 6.36. The van der Waals surface area contributed by atoms with Gasteiger partial charge in [-0.2, -0.15) is 0 Å². The zero-order valence-electron chi connectivity index (χ0n) is 12.4. The van der Waals surface area contributed by atoms with Gasteiger partial charge in [-0.25, -0.2) is 4.98 Å². The van der Waals surface area contributed by atoms with E-state index in [1.165, 1.54) is 0 Å². The second-order valence-electron chi connectivity index (χ2n) is 5.42. The van der Waals surface area contributed by atoms with Crippen LogP contribution >= 0.6 is 11.3 Å². The van der Waals surface area contributed by atoms with Crippen LogP contribution in [0.1, 0.15) is 16.6 Å². The van der Waals surface area contributed by atoms with E-state index in [0.717, 1.165) is 39.7 Å². The highest BCUT2D eigenvalue weighted by Gasteiger charge is 2.16. The number of nitrogens with two attached hydrogens (primary N) is 1. The molecule has 0 radical (unpaired) electrons. The summed E-state index contributed by atoms with van der Waals surface area (Å²) in [5.41, 5.74) is 9.39. The Balaban J connectivity index is 1.53. The average molecular weight is 324 g/mol. The first-order valence-corrected chi connectivity index (χ1v) is 8.32. The fraction of sp³-hybridized carbons (Fsp3) is 0.167. The normalized spacial score (nSPS) is 14.0. The lowest BCUT2D eigenvalue weighted by atomic mass is 10.1. The van der Waals surface area contributed by atoms with Crippen LogP contribution in [0.4, 0.5) is 0 Å². The Labute approximate surface area is 138 Å². The highest BCUT2D eigenvalue weighted by atomic mass is 32.1. The van der Waals surface area contributed by atoms with Crippen LogP contribution in [-0.4, -0.2) is 11.8 Å². The topological polar surface area (TPSA) is 57.4 Å². The molecular formula is C18H16N2O2S. The minimum Gasteiger partial charge on any atom is -0.454 e. The number of hydrogen-bond acceptors (Lipinski definition) is 5. The van der Waals surface area contributed by atoms with Crippen molar-refractivity contribution in [2.75, 3.05) is 6.79 Å². The van der Waals surface area contributed by atoms with Crippen molar-refractivity contribution in [3.63, 3.8) is 0 Å². The number of hydrogen-bond donors (Lipinski definition) is 1. The lowest BCUT2D eigenvalue weighted by Crippen LogP contribution is -2.12. The maximum atomic E-state index is 6.28. The highest BCUT2D eigenvalue weighted by molar-refractivity contribution is 7.09. The molecule has 116 valence electrons. The van der Waals surface area contributed by atoms with Crippen LogP contribution in [0.5, 0.6) is 11.5 Å². The minimum atomic E-state index is -0.0352. The summed E-state index contributed by atoms with van der Waals surface area (Å²) in [6, 6.07) is 16.0. The Morgan fingerprint density at radius 1 is 1.09 bits per heavy atom. The number of nitrogens with zero attached hydrogens (tertiary/aromatic N) is 1. The van der Waals surface area contributed by atoms with Crippen molar-refractivity contribution in [2.45, 2.75) is 12.5 Å². The maximum absolute atomic E-state index is 6.28. The molecule has 0 saturated carbocycles. The van der Waals surface area contributed by atoms with Gasteiger partial charge < -0.3 is 15.2 Å². The Morgan fingerprint density at radius 3 is 2.78 bits per heavy atom. The number of rotatable bonds is 4. The van der Waals surface area contributed by atoms with Gasteiger partial charge in [-0.05, 0) is 23.8 Å². The van der Waals surface area contributed by atoms with Gasteiger partial charge in [0, 0.05) is 23.4 Å². The standard InChI is InChI=1S/C18H16N2O2S/c19-14(12-4-2-1-3-5-12)9-18-20-15(10-23-18)13-6-7-16-17(8-13)22-11-21-16/h1-8,10,14H,9,11,19H2. The van der Waals surface area contributed by atoms with Crippen molar-refractivity contribution in [1.29, 1.82) is 0 Å². The fourth-order valence-corrected chi connectivity index (χ4v) is 3.46. The first-order valence-electron chi connectivity index (χ1n) is 7.44. The molecule has 3 aromatic rings. The third kappa shape index (κ3) is 2.93. The summed E-state index contributed by atoms with van der Waals surface area (Å²) in [6.07, 6.45) is 0.735. The van der Waals surface area contributed by atoms with E-state index in [-0.39, 0.29) is 12.8 Å². The largest absolute Gasteiger partial charge is 0.454 e. The summed E-state index contributed by atoms with van der Waals surface area (Å²) in [5, 5.41) is 3.10. The number of thiazole rings is 1. The van der Waals surface area contributed by atoms with E-state index >= 15 is 0 Å². The molecule has 2 aromatic carbocycles. The molecule has 0 fully saturated rings. The number of ether oxygens (including phenoxy) is 2. The van der Waals surface area contributed by atoms with Crippen molar-refractivity contribution in [3.8, 4) is 22.8 Å². The van der Waals surface area contributed by atoms with Gasteiger partial charge in [0.05, 0.1) is 10.7 Å². The van der Waals surface area contributed by atoms with Gasteiger partial charge in [-0.15, -0.1) is 11.3 Å². The maximum Gasteiger partial charge on any atom is 0.231 e. The molecule has 23 heavy (non-hydrogen) atoms. The SMILES string of the molecule is NC(Cc1nc(-c2ccc3c(c2)OCO3)cs1)c1ccccc1. The first kappa shape index (κ1) is 14.2. The van der Waals surface area contributed by atoms with E-state index in [2.05, 4.69) is 17.5 Å². The van der Waals surface area contributed by atoms with Crippen LogP contribution in [0, 0.1) is 0 Å². The molecule has 0 bridgehead atoms. The third-order valence-corrected chi connectivity index (χ3v) is 4.71. The van der Waals surface area contributed by atoms with Crippen LogP contribution in [0.3, 0.4) is 0 Å². The van der Waals surface area contributed by atoms with E-state index in [0.29, 0.717) is 0 Å². The van der Waals surface area contributed by atoms with Crippen molar-refractivity contribution >= 4 is 11.3 Å². The molecule has 1 aliphatic heterocycles. The Morgan fingerprint density at radius 2 is 1.91 bits per heavy atom. The second kappa shape index (κ2) is 6.02. The Hall–Kier alpha value is -2.37. The van der Waals surface area contributed by atoms with Crippen LogP contribution in [0.2, 0.25) is 0 Å². The number of fused-ring (bicyclic) bond motifs is 1. The molecule has 4 rings (SSSR count). The molecule has 0 amide bonds. The monoisotopic (exact) mass is 324 g/mol. The molecule has 2 N–H and O–H groups in total. The summed E-state index contributed by atoms with van der Waals surface area (Å²) < 4.78 is 10.8. The quantitative estimate of drug-likeness (QED) is 0.793. The lowest BCUT2D eigenvalue weighted by molar-refractivity contribution is 0.174. The Bertz CT molecular complexity index is 817. The summed E-state index contributed by atoms with van der Waals surface area (Å²) >= 11 is 1.64. The van der Waals surface area contributed by atoms with Gasteiger partial charge in [0.2, 0.25) is 6.79 Å². The van der Waals surface area contributed by atoms with Gasteiger partial charge in [-0.3, -0.25) is 0 Å². The molecular weight excluding hydrogens is 308 g/mol. The molecule has 1 aliphatic rings. The van der Waals surface area contributed by atoms with Crippen LogP contribution in [0.15, 0.2) is 53.9 Å². The zero-order valence-corrected chi connectivity index (χ0v) is 13.3. The smallest absolute Gasteiger partial charge is 0.231 e.